The predicted molar refractivity (Wildman–Crippen MR) is 153 cm³/mol. The van der Waals surface area contributed by atoms with Crippen LogP contribution in [0.3, 0.4) is 0 Å². The summed E-state index contributed by atoms with van der Waals surface area (Å²) >= 11 is 1.78. The normalized spacial score (nSPS) is 14.5. The van der Waals surface area contributed by atoms with E-state index in [1.165, 1.54) is 11.0 Å². The SMILES string of the molecule is Cc1cc(Nc2ccnc(Nc3ccc(SN4CCC(N(C)CCC(=O)N(C)C)CC4)cc3)n2)ccc1F. The number of nitrogens with one attached hydrogen (secondary N) is 2. The van der Waals surface area contributed by atoms with Crippen molar-refractivity contribution in [3.63, 3.8) is 0 Å². The summed E-state index contributed by atoms with van der Waals surface area (Å²) in [7, 11) is 5.74. The van der Waals surface area contributed by atoms with Crippen molar-refractivity contribution in [1.82, 2.24) is 24.1 Å². The van der Waals surface area contributed by atoms with Crippen LogP contribution < -0.4 is 10.6 Å². The van der Waals surface area contributed by atoms with E-state index in [4.69, 9.17) is 0 Å². The number of benzene rings is 2. The molecule has 2 heterocycles. The highest BCUT2D eigenvalue weighted by molar-refractivity contribution is 7.97. The Morgan fingerprint density at radius 3 is 2.45 bits per heavy atom. The number of carbonyl (C=O) groups is 1. The quantitative estimate of drug-likeness (QED) is 0.338. The lowest BCUT2D eigenvalue weighted by Gasteiger charge is -2.36. The molecule has 0 saturated carbocycles. The molecule has 1 saturated heterocycles. The molecular weight excluding hydrogens is 501 g/mol. The lowest BCUT2D eigenvalue weighted by molar-refractivity contribution is -0.129. The van der Waals surface area contributed by atoms with Gasteiger partial charge in [0.15, 0.2) is 0 Å². The summed E-state index contributed by atoms with van der Waals surface area (Å²) in [4.78, 5) is 25.9. The number of halogens is 1. The Morgan fingerprint density at radius 2 is 1.76 bits per heavy atom. The minimum absolute atomic E-state index is 0.179. The number of aryl methyl sites for hydroxylation is 1. The van der Waals surface area contributed by atoms with Gasteiger partial charge in [0.1, 0.15) is 11.6 Å². The van der Waals surface area contributed by atoms with Gasteiger partial charge in [-0.25, -0.2) is 13.7 Å². The third kappa shape index (κ3) is 7.89. The summed E-state index contributed by atoms with van der Waals surface area (Å²) in [6.45, 7) is 4.57. The lowest BCUT2D eigenvalue weighted by atomic mass is 10.1. The molecule has 0 spiro atoms. The van der Waals surface area contributed by atoms with Crippen LogP contribution in [0.4, 0.5) is 27.5 Å². The molecule has 38 heavy (non-hydrogen) atoms. The van der Waals surface area contributed by atoms with E-state index < -0.39 is 0 Å². The average Bonchev–Trinajstić information content (AvgIpc) is 2.91. The van der Waals surface area contributed by atoms with Gasteiger partial charge in [-0.15, -0.1) is 0 Å². The maximum absolute atomic E-state index is 13.5. The molecule has 2 aromatic carbocycles. The molecular formula is C28H36FN7OS. The van der Waals surface area contributed by atoms with Crippen LogP contribution in [0.5, 0.6) is 0 Å². The van der Waals surface area contributed by atoms with Gasteiger partial charge in [0.05, 0.1) is 0 Å². The zero-order chi connectivity index (χ0) is 27.1. The maximum atomic E-state index is 13.5. The van der Waals surface area contributed by atoms with Crippen LogP contribution in [0.25, 0.3) is 0 Å². The van der Waals surface area contributed by atoms with E-state index in [1.54, 1.807) is 48.2 Å². The van der Waals surface area contributed by atoms with Gasteiger partial charge >= 0.3 is 0 Å². The standard InChI is InChI=1S/C28H36FN7OS/c1-20-19-22(7-10-25(20)29)31-26-11-15-30-28(33-26)32-21-5-8-24(9-6-21)38-36-17-12-23(13-18-36)35(4)16-14-27(37)34(2)3/h5-11,15,19,23H,12-14,16-18H2,1-4H3,(H2,30,31,32,33). The molecule has 0 aliphatic carbocycles. The Labute approximate surface area is 228 Å². The van der Waals surface area contributed by atoms with E-state index in [9.17, 15) is 9.18 Å². The molecule has 4 rings (SSSR count). The van der Waals surface area contributed by atoms with Crippen LogP contribution >= 0.6 is 11.9 Å². The summed E-state index contributed by atoms with van der Waals surface area (Å²) in [5, 5.41) is 6.44. The number of aromatic nitrogens is 2. The molecule has 10 heteroatoms. The lowest BCUT2D eigenvalue weighted by Crippen LogP contribution is -2.42. The minimum Gasteiger partial charge on any atom is -0.349 e. The molecule has 1 amide bonds. The van der Waals surface area contributed by atoms with E-state index >= 15 is 0 Å². The second kappa shape index (κ2) is 13.0. The summed E-state index contributed by atoms with van der Waals surface area (Å²) < 4.78 is 15.9. The summed E-state index contributed by atoms with van der Waals surface area (Å²) in [5.74, 6) is 1.05. The fourth-order valence-corrected chi connectivity index (χ4v) is 5.24. The first-order valence-corrected chi connectivity index (χ1v) is 13.6. The van der Waals surface area contributed by atoms with Crippen molar-refractivity contribution in [2.75, 3.05) is 51.4 Å². The van der Waals surface area contributed by atoms with Crippen molar-refractivity contribution >= 4 is 41.0 Å². The molecule has 8 nitrogen and oxygen atoms in total. The van der Waals surface area contributed by atoms with E-state index in [2.05, 4.69) is 49.0 Å². The monoisotopic (exact) mass is 537 g/mol. The van der Waals surface area contributed by atoms with Crippen molar-refractivity contribution in [2.24, 2.45) is 0 Å². The summed E-state index contributed by atoms with van der Waals surface area (Å²) in [6.07, 6.45) is 4.44. The van der Waals surface area contributed by atoms with E-state index in [0.717, 1.165) is 43.9 Å². The smallest absolute Gasteiger partial charge is 0.229 e. The average molecular weight is 538 g/mol. The van der Waals surface area contributed by atoms with E-state index in [1.807, 2.05) is 26.2 Å². The van der Waals surface area contributed by atoms with Crippen LogP contribution in [0, 0.1) is 12.7 Å². The number of carbonyl (C=O) groups excluding carboxylic acids is 1. The van der Waals surface area contributed by atoms with Crippen molar-refractivity contribution in [2.45, 2.75) is 37.1 Å². The van der Waals surface area contributed by atoms with Gasteiger partial charge in [-0.2, -0.15) is 4.98 Å². The Morgan fingerprint density at radius 1 is 1.05 bits per heavy atom. The molecule has 1 aliphatic rings. The van der Waals surface area contributed by atoms with Crippen molar-refractivity contribution in [1.29, 1.82) is 0 Å². The van der Waals surface area contributed by atoms with Gasteiger partial charge in [-0.05, 0) is 92.9 Å². The fourth-order valence-electron chi connectivity index (χ4n) is 4.29. The maximum Gasteiger partial charge on any atom is 0.229 e. The predicted octanol–water partition coefficient (Wildman–Crippen LogP) is 5.29. The number of anilines is 4. The number of rotatable bonds is 10. The number of amides is 1. The molecule has 0 atom stereocenters. The van der Waals surface area contributed by atoms with Gasteiger partial charge < -0.3 is 20.4 Å². The molecule has 1 aromatic heterocycles. The first kappa shape index (κ1) is 27.8. The molecule has 1 aliphatic heterocycles. The number of hydrogen-bond donors (Lipinski definition) is 2. The zero-order valence-electron chi connectivity index (χ0n) is 22.4. The Kier molecular flexibility index (Phi) is 9.54. The second-order valence-corrected chi connectivity index (χ2v) is 10.9. The fraction of sp³-hybridized carbons (Fsp3) is 0.393. The molecule has 2 N–H and O–H groups in total. The van der Waals surface area contributed by atoms with Gasteiger partial charge in [-0.3, -0.25) is 4.79 Å². The van der Waals surface area contributed by atoms with Crippen molar-refractivity contribution in [3.8, 4) is 0 Å². The van der Waals surface area contributed by atoms with E-state index in [0.29, 0.717) is 29.8 Å². The summed E-state index contributed by atoms with van der Waals surface area (Å²) in [5.41, 5.74) is 2.24. The Balaban J connectivity index is 1.24. The molecule has 0 bridgehead atoms. The highest BCUT2D eigenvalue weighted by atomic mass is 32.2. The number of hydrogen-bond acceptors (Lipinski definition) is 8. The number of nitrogens with zero attached hydrogens (tertiary/aromatic N) is 5. The second-order valence-electron chi connectivity index (χ2n) is 9.77. The minimum atomic E-state index is -0.232. The molecule has 1 fully saturated rings. The van der Waals surface area contributed by atoms with Gasteiger partial charge in [-0.1, -0.05) is 0 Å². The highest BCUT2D eigenvalue weighted by Gasteiger charge is 2.23. The van der Waals surface area contributed by atoms with E-state index in [-0.39, 0.29) is 11.7 Å². The van der Waals surface area contributed by atoms with Crippen molar-refractivity contribution < 1.29 is 9.18 Å². The number of piperidine rings is 1. The van der Waals surface area contributed by atoms with Gasteiger partial charge in [0, 0.05) is 68.7 Å². The zero-order valence-corrected chi connectivity index (χ0v) is 23.3. The van der Waals surface area contributed by atoms with Crippen molar-refractivity contribution in [3.05, 3.63) is 66.1 Å². The topological polar surface area (TPSA) is 76.6 Å². The first-order valence-electron chi connectivity index (χ1n) is 12.8. The molecule has 0 unspecified atom stereocenters. The Bertz CT molecular complexity index is 1220. The summed E-state index contributed by atoms with van der Waals surface area (Å²) in [6, 6.07) is 15.4. The Hall–Kier alpha value is -3.21. The van der Waals surface area contributed by atoms with Gasteiger partial charge in [0.2, 0.25) is 11.9 Å². The third-order valence-electron chi connectivity index (χ3n) is 6.65. The van der Waals surface area contributed by atoms with Crippen LogP contribution in [-0.2, 0) is 4.79 Å². The first-order chi connectivity index (χ1) is 18.3. The van der Waals surface area contributed by atoms with Crippen LogP contribution in [0.1, 0.15) is 24.8 Å². The molecule has 0 radical (unpaired) electrons. The molecule has 3 aromatic rings. The van der Waals surface area contributed by atoms with Crippen LogP contribution in [0.2, 0.25) is 0 Å². The highest BCUT2D eigenvalue weighted by Crippen LogP contribution is 2.29. The van der Waals surface area contributed by atoms with Gasteiger partial charge in [0.25, 0.3) is 0 Å². The largest absolute Gasteiger partial charge is 0.349 e. The third-order valence-corrected chi connectivity index (χ3v) is 7.76. The van der Waals surface area contributed by atoms with Crippen LogP contribution in [-0.4, -0.2) is 76.8 Å². The van der Waals surface area contributed by atoms with Crippen LogP contribution in [0.15, 0.2) is 59.6 Å². The molecule has 202 valence electrons.